The molecule has 0 unspecified atom stereocenters. The molecule has 0 aliphatic rings. The van der Waals surface area contributed by atoms with Gasteiger partial charge in [-0.15, -0.1) is 0 Å². The molecular formula is C12H20N2O. The predicted octanol–water partition coefficient (Wildman–Crippen LogP) is 1.26. The lowest BCUT2D eigenvalue weighted by Gasteiger charge is -2.14. The van der Waals surface area contributed by atoms with Crippen molar-refractivity contribution in [3.8, 4) is 5.75 Å². The largest absolute Gasteiger partial charge is 0.496 e. The van der Waals surface area contributed by atoms with E-state index < -0.39 is 0 Å². The normalized spacial score (nSPS) is 10.7. The molecule has 15 heavy (non-hydrogen) atoms. The smallest absolute Gasteiger partial charge is 0.126 e. The van der Waals surface area contributed by atoms with Gasteiger partial charge in [-0.25, -0.2) is 0 Å². The minimum absolute atomic E-state index is 0.527. The number of ether oxygens (including phenoxy) is 1. The van der Waals surface area contributed by atoms with Crippen LogP contribution in [0.15, 0.2) is 18.2 Å². The molecule has 0 radical (unpaired) electrons. The van der Waals surface area contributed by atoms with Crippen molar-refractivity contribution >= 4 is 0 Å². The summed E-state index contributed by atoms with van der Waals surface area (Å²) in [4.78, 5) is 2.16. The molecule has 0 amide bonds. The number of nitrogens with two attached hydrogens (primary N) is 1. The first kappa shape index (κ1) is 12.0. The highest BCUT2D eigenvalue weighted by molar-refractivity contribution is 5.41. The summed E-state index contributed by atoms with van der Waals surface area (Å²) < 4.78 is 5.40. The molecule has 0 saturated heterocycles. The zero-order valence-corrected chi connectivity index (χ0v) is 9.79. The van der Waals surface area contributed by atoms with E-state index in [0.29, 0.717) is 6.54 Å². The Balaban J connectivity index is 2.86. The Bertz CT molecular complexity index is 310. The van der Waals surface area contributed by atoms with Crippen molar-refractivity contribution in [2.75, 3.05) is 27.7 Å². The Labute approximate surface area is 91.8 Å². The number of para-hydroxylation sites is 1. The second-order valence-electron chi connectivity index (χ2n) is 3.87. The molecule has 84 valence electrons. The van der Waals surface area contributed by atoms with Gasteiger partial charge in [0.05, 0.1) is 7.11 Å². The fourth-order valence-corrected chi connectivity index (χ4v) is 1.60. The van der Waals surface area contributed by atoms with Gasteiger partial charge in [-0.05, 0) is 26.1 Å². The maximum atomic E-state index is 5.66. The standard InChI is InChI=1S/C12H20N2O/c1-14(2)8-7-10-5-4-6-11(9-13)12(10)15-3/h4-6H,7-9,13H2,1-3H3. The molecule has 0 saturated carbocycles. The fraction of sp³-hybridized carbons (Fsp3) is 0.500. The third kappa shape index (κ3) is 3.22. The van der Waals surface area contributed by atoms with Gasteiger partial charge in [0.2, 0.25) is 0 Å². The summed E-state index contributed by atoms with van der Waals surface area (Å²) >= 11 is 0. The summed E-state index contributed by atoms with van der Waals surface area (Å²) in [6.07, 6.45) is 0.990. The van der Waals surface area contributed by atoms with Gasteiger partial charge < -0.3 is 15.4 Å². The molecule has 3 heteroatoms. The number of rotatable bonds is 5. The number of methoxy groups -OCH3 is 1. The predicted molar refractivity (Wildman–Crippen MR) is 63.1 cm³/mol. The van der Waals surface area contributed by atoms with Gasteiger partial charge in [0.15, 0.2) is 0 Å². The lowest BCUT2D eigenvalue weighted by molar-refractivity contribution is 0.389. The lowest BCUT2D eigenvalue weighted by atomic mass is 10.1. The monoisotopic (exact) mass is 208 g/mol. The number of hydrogen-bond donors (Lipinski definition) is 1. The second-order valence-corrected chi connectivity index (χ2v) is 3.87. The van der Waals surface area contributed by atoms with Gasteiger partial charge in [0.1, 0.15) is 5.75 Å². The van der Waals surface area contributed by atoms with E-state index in [1.165, 1.54) is 5.56 Å². The molecule has 0 spiro atoms. The van der Waals surface area contributed by atoms with Crippen LogP contribution in [0.3, 0.4) is 0 Å². The minimum Gasteiger partial charge on any atom is -0.496 e. The van der Waals surface area contributed by atoms with Crippen molar-refractivity contribution in [2.24, 2.45) is 5.73 Å². The van der Waals surface area contributed by atoms with Gasteiger partial charge in [-0.2, -0.15) is 0 Å². The van der Waals surface area contributed by atoms with E-state index in [0.717, 1.165) is 24.3 Å². The third-order valence-electron chi connectivity index (χ3n) is 2.43. The summed E-state index contributed by atoms with van der Waals surface area (Å²) in [5, 5.41) is 0. The van der Waals surface area contributed by atoms with Crippen LogP contribution in [0.2, 0.25) is 0 Å². The van der Waals surface area contributed by atoms with E-state index in [4.69, 9.17) is 10.5 Å². The highest BCUT2D eigenvalue weighted by Crippen LogP contribution is 2.23. The van der Waals surface area contributed by atoms with Crippen LogP contribution >= 0.6 is 0 Å². The summed E-state index contributed by atoms with van der Waals surface area (Å²) in [6.45, 7) is 1.55. The Morgan fingerprint density at radius 1 is 1.27 bits per heavy atom. The Morgan fingerprint density at radius 2 is 1.93 bits per heavy atom. The Hall–Kier alpha value is -1.06. The zero-order valence-electron chi connectivity index (χ0n) is 9.79. The molecule has 1 rings (SSSR count). The topological polar surface area (TPSA) is 38.5 Å². The SMILES string of the molecule is COc1c(CN)cccc1CCN(C)C. The number of nitrogens with zero attached hydrogens (tertiary/aromatic N) is 1. The van der Waals surface area contributed by atoms with Crippen molar-refractivity contribution in [1.82, 2.24) is 4.90 Å². The summed E-state index contributed by atoms with van der Waals surface area (Å²) in [5.41, 5.74) is 7.97. The molecule has 0 aromatic heterocycles. The molecule has 3 nitrogen and oxygen atoms in total. The van der Waals surface area contributed by atoms with Crippen LogP contribution in [-0.2, 0) is 13.0 Å². The van der Waals surface area contributed by atoms with Crippen molar-refractivity contribution in [3.63, 3.8) is 0 Å². The average Bonchev–Trinajstić information content (AvgIpc) is 2.25. The van der Waals surface area contributed by atoms with Crippen LogP contribution in [0.4, 0.5) is 0 Å². The van der Waals surface area contributed by atoms with Crippen LogP contribution in [0, 0.1) is 0 Å². The first-order chi connectivity index (χ1) is 7.19. The maximum Gasteiger partial charge on any atom is 0.126 e. The first-order valence-electron chi connectivity index (χ1n) is 5.18. The molecule has 1 aromatic rings. The average molecular weight is 208 g/mol. The zero-order chi connectivity index (χ0) is 11.3. The van der Waals surface area contributed by atoms with Crippen molar-refractivity contribution in [2.45, 2.75) is 13.0 Å². The molecule has 0 fully saturated rings. The molecule has 0 heterocycles. The van der Waals surface area contributed by atoms with E-state index in [1.54, 1.807) is 7.11 Å². The minimum atomic E-state index is 0.527. The molecule has 1 aromatic carbocycles. The van der Waals surface area contributed by atoms with Gasteiger partial charge in [-0.3, -0.25) is 0 Å². The molecule has 0 aliphatic carbocycles. The molecule has 0 aliphatic heterocycles. The van der Waals surface area contributed by atoms with Crippen molar-refractivity contribution in [1.29, 1.82) is 0 Å². The Morgan fingerprint density at radius 3 is 2.47 bits per heavy atom. The van der Waals surface area contributed by atoms with E-state index in [1.807, 2.05) is 12.1 Å². The van der Waals surface area contributed by atoms with E-state index in [2.05, 4.69) is 25.1 Å². The molecular weight excluding hydrogens is 188 g/mol. The van der Waals surface area contributed by atoms with Crippen LogP contribution in [0.5, 0.6) is 5.75 Å². The van der Waals surface area contributed by atoms with Crippen molar-refractivity contribution in [3.05, 3.63) is 29.3 Å². The van der Waals surface area contributed by atoms with E-state index in [9.17, 15) is 0 Å². The maximum absolute atomic E-state index is 5.66. The van der Waals surface area contributed by atoms with Crippen LogP contribution in [-0.4, -0.2) is 32.6 Å². The van der Waals surface area contributed by atoms with Crippen molar-refractivity contribution < 1.29 is 4.74 Å². The molecule has 0 atom stereocenters. The quantitative estimate of drug-likeness (QED) is 0.791. The van der Waals surface area contributed by atoms with E-state index in [-0.39, 0.29) is 0 Å². The van der Waals surface area contributed by atoms with Crippen LogP contribution < -0.4 is 10.5 Å². The highest BCUT2D eigenvalue weighted by Gasteiger charge is 2.07. The number of benzene rings is 1. The third-order valence-corrected chi connectivity index (χ3v) is 2.43. The summed E-state index contributed by atoms with van der Waals surface area (Å²) in [6, 6.07) is 6.15. The van der Waals surface area contributed by atoms with Crippen LogP contribution in [0.25, 0.3) is 0 Å². The number of likely N-dealkylation sites (N-methyl/N-ethyl adjacent to an activating group) is 1. The van der Waals surface area contributed by atoms with Gasteiger partial charge in [0.25, 0.3) is 0 Å². The fourth-order valence-electron chi connectivity index (χ4n) is 1.60. The second kappa shape index (κ2) is 5.73. The van der Waals surface area contributed by atoms with E-state index >= 15 is 0 Å². The Kier molecular flexibility index (Phi) is 4.59. The van der Waals surface area contributed by atoms with Gasteiger partial charge in [-0.1, -0.05) is 18.2 Å². The molecule has 0 bridgehead atoms. The molecule has 2 N–H and O–H groups in total. The number of hydrogen-bond acceptors (Lipinski definition) is 3. The summed E-state index contributed by atoms with van der Waals surface area (Å²) in [5.74, 6) is 0.946. The van der Waals surface area contributed by atoms with Gasteiger partial charge in [0, 0.05) is 18.7 Å². The van der Waals surface area contributed by atoms with Crippen LogP contribution in [0.1, 0.15) is 11.1 Å². The summed E-state index contributed by atoms with van der Waals surface area (Å²) in [7, 11) is 5.84. The first-order valence-corrected chi connectivity index (χ1v) is 5.18. The highest BCUT2D eigenvalue weighted by atomic mass is 16.5. The lowest BCUT2D eigenvalue weighted by Crippen LogP contribution is -2.15. The van der Waals surface area contributed by atoms with Gasteiger partial charge >= 0.3 is 0 Å².